The second-order valence-corrected chi connectivity index (χ2v) is 8.67. The van der Waals surface area contributed by atoms with E-state index in [1.807, 2.05) is 12.1 Å². The number of H-pyrrole nitrogens is 1. The van der Waals surface area contributed by atoms with E-state index in [-0.39, 0.29) is 17.5 Å². The molecule has 178 valence electrons. The number of benzene rings is 1. The number of aromatic nitrogens is 3. The molecule has 1 atom stereocenters. The van der Waals surface area contributed by atoms with Crippen LogP contribution in [0.15, 0.2) is 40.1 Å². The van der Waals surface area contributed by atoms with Gasteiger partial charge in [-0.05, 0) is 37.6 Å². The summed E-state index contributed by atoms with van der Waals surface area (Å²) < 4.78 is 7.29. The topological polar surface area (TPSA) is 113 Å². The quantitative estimate of drug-likeness (QED) is 0.593. The van der Waals surface area contributed by atoms with E-state index in [1.54, 1.807) is 32.3 Å². The Balaban J connectivity index is 1.38. The molecule has 1 saturated heterocycles. The number of amides is 1. The highest BCUT2D eigenvalue weighted by molar-refractivity contribution is 5.92. The van der Waals surface area contributed by atoms with Crippen LogP contribution in [0.25, 0.3) is 10.9 Å². The minimum Gasteiger partial charge on any atom is -0.493 e. The van der Waals surface area contributed by atoms with Crippen LogP contribution in [0, 0.1) is 0 Å². The molecular formula is C24H28N6O4. The van der Waals surface area contributed by atoms with Gasteiger partial charge in [-0.15, -0.1) is 0 Å². The summed E-state index contributed by atoms with van der Waals surface area (Å²) in [7, 11) is 1.59. The lowest BCUT2D eigenvalue weighted by Crippen LogP contribution is -2.53. The lowest BCUT2D eigenvalue weighted by atomic mass is 10.0. The number of nitrogens with zero attached hydrogens (tertiary/aromatic N) is 4. The van der Waals surface area contributed by atoms with E-state index in [2.05, 4.69) is 25.1 Å². The first kappa shape index (κ1) is 22.1. The third-order valence-corrected chi connectivity index (χ3v) is 6.74. The number of hydrogen-bond donors (Lipinski definition) is 2. The molecule has 3 aromatic rings. The van der Waals surface area contributed by atoms with Crippen LogP contribution in [-0.4, -0.2) is 64.7 Å². The van der Waals surface area contributed by atoms with Crippen molar-refractivity contribution in [3.8, 4) is 5.75 Å². The predicted octanol–water partition coefficient (Wildman–Crippen LogP) is 0.938. The number of pyridine rings is 1. The standard InChI is InChI=1S/C24H28N6O4/c1-3-30-23(32)18-11-21-15(10-20(18)27-24(30)33)13-28-7-8-29(14-17(28)6-9-34-21)16-4-5-19(26-12-16)22(31)25-2/h4-5,10-12,17H,3,6-9,13-14H2,1-2H3,(H,25,31)(H,27,33)/t17-/m1/s1. The fraction of sp³-hybridized carbons (Fsp3) is 0.417. The van der Waals surface area contributed by atoms with Gasteiger partial charge < -0.3 is 19.9 Å². The van der Waals surface area contributed by atoms with Gasteiger partial charge >= 0.3 is 5.69 Å². The predicted molar refractivity (Wildman–Crippen MR) is 129 cm³/mol. The van der Waals surface area contributed by atoms with Crippen LogP contribution in [0.2, 0.25) is 0 Å². The zero-order valence-corrected chi connectivity index (χ0v) is 19.3. The smallest absolute Gasteiger partial charge is 0.328 e. The summed E-state index contributed by atoms with van der Waals surface area (Å²) in [5.41, 5.74) is 2.21. The highest BCUT2D eigenvalue weighted by Crippen LogP contribution is 2.30. The molecule has 1 amide bonds. The Bertz CT molecular complexity index is 1350. The average molecular weight is 465 g/mol. The third kappa shape index (κ3) is 3.94. The summed E-state index contributed by atoms with van der Waals surface area (Å²) in [6.07, 6.45) is 2.60. The Morgan fingerprint density at radius 3 is 2.85 bits per heavy atom. The number of fused-ring (bicyclic) bond motifs is 3. The largest absolute Gasteiger partial charge is 0.493 e. The highest BCUT2D eigenvalue weighted by Gasteiger charge is 2.30. The minimum atomic E-state index is -0.394. The summed E-state index contributed by atoms with van der Waals surface area (Å²) in [6.45, 7) is 5.82. The van der Waals surface area contributed by atoms with Crippen molar-refractivity contribution in [1.29, 1.82) is 0 Å². The van der Waals surface area contributed by atoms with E-state index >= 15 is 0 Å². The SMILES string of the molecule is CCn1c(=O)[nH]c2cc3c(cc2c1=O)OCC[C@@H]1CN(c2ccc(C(=O)NC)nc2)CCN1C3. The molecule has 2 aliphatic heterocycles. The molecule has 0 radical (unpaired) electrons. The Morgan fingerprint density at radius 2 is 2.12 bits per heavy atom. The van der Waals surface area contributed by atoms with Gasteiger partial charge in [0, 0.05) is 51.4 Å². The van der Waals surface area contributed by atoms with Gasteiger partial charge in [0.05, 0.1) is 29.4 Å². The van der Waals surface area contributed by atoms with Crippen molar-refractivity contribution >= 4 is 22.5 Å². The summed E-state index contributed by atoms with van der Waals surface area (Å²) in [5, 5.41) is 3.06. The van der Waals surface area contributed by atoms with E-state index in [4.69, 9.17) is 4.74 Å². The van der Waals surface area contributed by atoms with Crippen molar-refractivity contribution in [2.24, 2.45) is 0 Å². The average Bonchev–Trinajstić information content (AvgIpc) is 2.84. The van der Waals surface area contributed by atoms with Gasteiger partial charge in [0.15, 0.2) is 0 Å². The lowest BCUT2D eigenvalue weighted by Gasteiger charge is -2.43. The number of aromatic amines is 1. The minimum absolute atomic E-state index is 0.199. The lowest BCUT2D eigenvalue weighted by molar-refractivity contribution is 0.0958. The number of ether oxygens (including phenoxy) is 1. The second-order valence-electron chi connectivity index (χ2n) is 8.67. The summed E-state index contributed by atoms with van der Waals surface area (Å²) in [6, 6.07) is 7.61. The van der Waals surface area contributed by atoms with E-state index in [0.29, 0.717) is 42.0 Å². The van der Waals surface area contributed by atoms with E-state index in [0.717, 1.165) is 37.3 Å². The molecule has 0 unspecified atom stereocenters. The van der Waals surface area contributed by atoms with Crippen molar-refractivity contribution in [3.63, 3.8) is 0 Å². The number of carbonyl (C=O) groups is 1. The van der Waals surface area contributed by atoms with Gasteiger partial charge in [-0.2, -0.15) is 0 Å². The molecular weight excluding hydrogens is 436 g/mol. The number of carbonyl (C=O) groups excluding carboxylic acids is 1. The number of hydrogen-bond acceptors (Lipinski definition) is 7. The van der Waals surface area contributed by atoms with Gasteiger partial charge in [-0.1, -0.05) is 0 Å². The maximum absolute atomic E-state index is 12.7. The van der Waals surface area contributed by atoms with Gasteiger partial charge in [0.1, 0.15) is 11.4 Å². The van der Waals surface area contributed by atoms with Gasteiger partial charge in [-0.3, -0.25) is 19.1 Å². The molecule has 5 rings (SSSR count). The number of anilines is 1. The Hall–Kier alpha value is -3.66. The highest BCUT2D eigenvalue weighted by atomic mass is 16.5. The van der Waals surface area contributed by atoms with Crippen LogP contribution in [0.3, 0.4) is 0 Å². The van der Waals surface area contributed by atoms with Crippen molar-refractivity contribution in [2.45, 2.75) is 32.5 Å². The van der Waals surface area contributed by atoms with Crippen molar-refractivity contribution in [3.05, 3.63) is 62.6 Å². The fourth-order valence-corrected chi connectivity index (χ4v) is 4.84. The normalized spacial score (nSPS) is 18.4. The van der Waals surface area contributed by atoms with Crippen LogP contribution in [0.4, 0.5) is 5.69 Å². The Kier molecular flexibility index (Phi) is 5.82. The second kappa shape index (κ2) is 8.94. The zero-order chi connectivity index (χ0) is 23.8. The molecule has 0 saturated carbocycles. The first-order valence-corrected chi connectivity index (χ1v) is 11.6. The molecule has 0 aliphatic carbocycles. The maximum Gasteiger partial charge on any atom is 0.328 e. The van der Waals surface area contributed by atoms with Crippen LogP contribution in [0.5, 0.6) is 5.75 Å². The van der Waals surface area contributed by atoms with Gasteiger partial charge in [-0.25, -0.2) is 9.78 Å². The first-order chi connectivity index (χ1) is 16.5. The van der Waals surface area contributed by atoms with Crippen molar-refractivity contribution in [2.75, 3.05) is 38.2 Å². The molecule has 1 fully saturated rings. The number of nitrogens with one attached hydrogen (secondary N) is 2. The van der Waals surface area contributed by atoms with Crippen LogP contribution in [0.1, 0.15) is 29.4 Å². The molecule has 10 heteroatoms. The first-order valence-electron chi connectivity index (χ1n) is 11.6. The van der Waals surface area contributed by atoms with Gasteiger partial charge in [0.25, 0.3) is 11.5 Å². The van der Waals surface area contributed by atoms with E-state index < -0.39 is 5.69 Å². The molecule has 2 aliphatic rings. The number of rotatable bonds is 3. The Labute approximate surface area is 196 Å². The van der Waals surface area contributed by atoms with E-state index in [1.165, 1.54) is 4.57 Å². The molecule has 1 aromatic carbocycles. The van der Waals surface area contributed by atoms with Crippen molar-refractivity contribution < 1.29 is 9.53 Å². The van der Waals surface area contributed by atoms with Crippen LogP contribution < -0.4 is 26.2 Å². The monoisotopic (exact) mass is 464 g/mol. The molecule has 10 nitrogen and oxygen atoms in total. The fourth-order valence-electron chi connectivity index (χ4n) is 4.84. The molecule has 34 heavy (non-hydrogen) atoms. The third-order valence-electron chi connectivity index (χ3n) is 6.74. The molecule has 0 bridgehead atoms. The molecule has 2 aromatic heterocycles. The maximum atomic E-state index is 12.7. The summed E-state index contributed by atoms with van der Waals surface area (Å²) in [5.74, 6) is 0.504. The van der Waals surface area contributed by atoms with E-state index in [9.17, 15) is 14.4 Å². The number of piperazine rings is 1. The van der Waals surface area contributed by atoms with Crippen LogP contribution in [-0.2, 0) is 13.1 Å². The van der Waals surface area contributed by atoms with Crippen molar-refractivity contribution in [1.82, 2.24) is 24.8 Å². The van der Waals surface area contributed by atoms with Crippen LogP contribution >= 0.6 is 0 Å². The zero-order valence-electron chi connectivity index (χ0n) is 19.3. The Morgan fingerprint density at radius 1 is 1.26 bits per heavy atom. The molecule has 4 heterocycles. The van der Waals surface area contributed by atoms with Gasteiger partial charge in [0.2, 0.25) is 0 Å². The summed E-state index contributed by atoms with van der Waals surface area (Å²) >= 11 is 0. The molecule has 0 spiro atoms. The molecule has 2 N–H and O–H groups in total. The summed E-state index contributed by atoms with van der Waals surface area (Å²) in [4.78, 5) is 48.6.